The van der Waals surface area contributed by atoms with Crippen LogP contribution in [0.2, 0.25) is 5.02 Å². The van der Waals surface area contributed by atoms with E-state index in [4.69, 9.17) is 25.8 Å². The van der Waals surface area contributed by atoms with Crippen LogP contribution in [0.1, 0.15) is 23.7 Å². The number of nitrogens with one attached hydrogen (secondary N) is 2. The minimum atomic E-state index is -1.77. The zero-order chi connectivity index (χ0) is 25.9. The zero-order valence-corrected chi connectivity index (χ0v) is 20.6. The molecule has 1 spiro atoms. The molecule has 11 heteroatoms. The molecular formula is C25H22ClN3O7. The van der Waals surface area contributed by atoms with Gasteiger partial charge >= 0.3 is 11.1 Å². The first-order chi connectivity index (χ1) is 17.1. The highest BCUT2D eigenvalue weighted by atomic mass is 35.5. The number of aromatic nitrogens is 2. The summed E-state index contributed by atoms with van der Waals surface area (Å²) in [5.74, 6) is -1.06. The number of H-pyrrole nitrogens is 1. The number of Topliss-reactive ketones (excluding diaryl/α,β-unsaturated/α-hetero) is 1. The first-order valence-corrected chi connectivity index (χ1v) is 11.4. The van der Waals surface area contributed by atoms with Crippen LogP contribution in [0.3, 0.4) is 0 Å². The number of allylic oxidation sites excluding steroid dienone is 1. The Balaban J connectivity index is 1.50. The third-order valence-electron chi connectivity index (χ3n) is 6.72. The number of anilines is 1. The summed E-state index contributed by atoms with van der Waals surface area (Å²) < 4.78 is 17.9. The lowest BCUT2D eigenvalue weighted by Gasteiger charge is -2.35. The van der Waals surface area contributed by atoms with Crippen LogP contribution in [0.5, 0.6) is 17.2 Å². The number of aryl methyl sites for hydroxylation is 1. The molecule has 186 valence electrons. The fourth-order valence-electron chi connectivity index (χ4n) is 4.85. The van der Waals surface area contributed by atoms with Crippen molar-refractivity contribution in [2.75, 3.05) is 19.5 Å². The van der Waals surface area contributed by atoms with Crippen LogP contribution >= 0.6 is 11.6 Å². The zero-order valence-electron chi connectivity index (χ0n) is 19.9. The summed E-state index contributed by atoms with van der Waals surface area (Å²) in [7, 11) is 4.35. The van der Waals surface area contributed by atoms with Crippen molar-refractivity contribution in [1.82, 2.24) is 9.55 Å². The predicted octanol–water partition coefficient (Wildman–Crippen LogP) is 2.82. The number of benzene rings is 2. The lowest BCUT2D eigenvalue weighted by atomic mass is 9.74. The largest absolute Gasteiger partial charge is 0.496 e. The Morgan fingerprint density at radius 1 is 1.14 bits per heavy atom. The number of hydrogen-bond donors (Lipinski definition) is 2. The predicted molar refractivity (Wildman–Crippen MR) is 133 cm³/mol. The van der Waals surface area contributed by atoms with Crippen LogP contribution in [-0.4, -0.2) is 40.9 Å². The molecule has 2 unspecified atom stereocenters. The first kappa shape index (κ1) is 23.7. The topological polar surface area (TPSA) is 129 Å². The third-order valence-corrected chi connectivity index (χ3v) is 7.08. The van der Waals surface area contributed by atoms with E-state index in [0.29, 0.717) is 28.8 Å². The number of ketones is 2. The van der Waals surface area contributed by atoms with E-state index in [0.717, 1.165) is 0 Å². The average molecular weight is 512 g/mol. The van der Waals surface area contributed by atoms with Gasteiger partial charge in [-0.05, 0) is 24.6 Å². The summed E-state index contributed by atoms with van der Waals surface area (Å²) in [6.45, 7) is 1.75. The van der Waals surface area contributed by atoms with E-state index in [1.54, 1.807) is 25.1 Å². The highest BCUT2D eigenvalue weighted by Gasteiger charge is 2.60. The Hall–Kier alpha value is -4.05. The summed E-state index contributed by atoms with van der Waals surface area (Å²) in [6, 6.07) is 6.57. The summed E-state index contributed by atoms with van der Waals surface area (Å²) >= 11 is 6.42. The number of aromatic amines is 1. The quantitative estimate of drug-likeness (QED) is 0.404. The van der Waals surface area contributed by atoms with Crippen molar-refractivity contribution in [2.24, 2.45) is 13.0 Å². The van der Waals surface area contributed by atoms with Crippen molar-refractivity contribution in [3.05, 3.63) is 67.3 Å². The molecule has 3 aromatic rings. The van der Waals surface area contributed by atoms with E-state index in [9.17, 15) is 19.2 Å². The molecule has 2 aliphatic rings. The summed E-state index contributed by atoms with van der Waals surface area (Å²) in [5, 5.41) is 3.26. The van der Waals surface area contributed by atoms with E-state index in [1.165, 1.54) is 38.0 Å². The van der Waals surface area contributed by atoms with E-state index in [2.05, 4.69) is 10.3 Å². The molecule has 36 heavy (non-hydrogen) atoms. The van der Waals surface area contributed by atoms with E-state index in [-0.39, 0.29) is 27.8 Å². The van der Waals surface area contributed by atoms with Crippen molar-refractivity contribution in [3.63, 3.8) is 0 Å². The fourth-order valence-corrected chi connectivity index (χ4v) is 5.11. The highest BCUT2D eigenvalue weighted by Crippen LogP contribution is 2.53. The molecular weight excluding hydrogens is 490 g/mol. The normalized spacial score (nSPS) is 20.8. The van der Waals surface area contributed by atoms with Crippen LogP contribution in [0.15, 0.2) is 45.6 Å². The molecule has 2 atom stereocenters. The molecule has 0 amide bonds. The summed E-state index contributed by atoms with van der Waals surface area (Å²) in [4.78, 5) is 53.4. The van der Waals surface area contributed by atoms with Crippen molar-refractivity contribution in [1.29, 1.82) is 0 Å². The molecule has 2 aromatic carbocycles. The molecule has 2 heterocycles. The average Bonchev–Trinajstić information content (AvgIpc) is 3.16. The number of methoxy groups -OCH3 is 2. The lowest BCUT2D eigenvalue weighted by Crippen LogP contribution is -2.55. The molecule has 10 nitrogen and oxygen atoms in total. The van der Waals surface area contributed by atoms with Gasteiger partial charge in [-0.3, -0.25) is 19.2 Å². The van der Waals surface area contributed by atoms with Gasteiger partial charge in [0.1, 0.15) is 22.1 Å². The Morgan fingerprint density at radius 3 is 2.53 bits per heavy atom. The van der Waals surface area contributed by atoms with Gasteiger partial charge in [0.15, 0.2) is 5.75 Å². The van der Waals surface area contributed by atoms with Gasteiger partial charge in [-0.25, -0.2) is 0 Å². The SMILES string of the molecule is COc1cc(OC)c2c(c1Cl)OC1(C(=O)C=C(Nc3ccc4c(c3)[nH]c(=O)c(=O)n4C)CC1C)C2=O. The summed E-state index contributed by atoms with van der Waals surface area (Å²) in [6.07, 6.45) is 1.65. The molecule has 0 fully saturated rings. The molecule has 1 aliphatic carbocycles. The molecule has 5 rings (SSSR count). The van der Waals surface area contributed by atoms with Gasteiger partial charge in [0, 0.05) is 36.5 Å². The van der Waals surface area contributed by atoms with Crippen LogP contribution in [0.25, 0.3) is 11.0 Å². The number of halogens is 1. The monoisotopic (exact) mass is 511 g/mol. The summed E-state index contributed by atoms with van der Waals surface area (Å²) in [5.41, 5.74) is -0.884. The Labute approximate surface area is 209 Å². The number of carbonyl (C=O) groups excluding carboxylic acids is 2. The van der Waals surface area contributed by atoms with Gasteiger partial charge in [0.2, 0.25) is 17.2 Å². The van der Waals surface area contributed by atoms with Gasteiger partial charge in [-0.1, -0.05) is 18.5 Å². The van der Waals surface area contributed by atoms with E-state index < -0.39 is 34.2 Å². The van der Waals surface area contributed by atoms with Gasteiger partial charge in [-0.2, -0.15) is 0 Å². The standard InChI is InChI=1S/C25H22ClN3O7/c1-11-7-13(27-12-5-6-15-14(8-12)28-23(32)24(33)29(15)2)9-18(30)25(11)22(31)19-16(34-3)10-17(35-4)20(26)21(19)36-25/h5-6,8-11,27H,7H2,1-4H3,(H,28,32). The van der Waals surface area contributed by atoms with Crippen molar-refractivity contribution >= 4 is 39.9 Å². The highest BCUT2D eigenvalue weighted by molar-refractivity contribution is 6.36. The van der Waals surface area contributed by atoms with Crippen molar-refractivity contribution < 1.29 is 23.8 Å². The van der Waals surface area contributed by atoms with E-state index >= 15 is 0 Å². The molecule has 0 radical (unpaired) electrons. The van der Waals surface area contributed by atoms with Gasteiger partial charge < -0.3 is 29.1 Å². The second kappa shape index (κ2) is 8.27. The van der Waals surface area contributed by atoms with E-state index in [1.807, 2.05) is 0 Å². The minimum absolute atomic E-state index is 0.0620. The number of hydrogen-bond acceptors (Lipinski definition) is 8. The van der Waals surface area contributed by atoms with Crippen LogP contribution in [0, 0.1) is 5.92 Å². The maximum atomic E-state index is 13.6. The number of nitrogens with zero attached hydrogens (tertiary/aromatic N) is 1. The van der Waals surface area contributed by atoms with Crippen molar-refractivity contribution in [2.45, 2.75) is 18.9 Å². The lowest BCUT2D eigenvalue weighted by molar-refractivity contribution is -0.129. The Morgan fingerprint density at radius 2 is 1.86 bits per heavy atom. The minimum Gasteiger partial charge on any atom is -0.496 e. The molecule has 0 saturated heterocycles. The first-order valence-electron chi connectivity index (χ1n) is 11.1. The van der Waals surface area contributed by atoms with Crippen LogP contribution < -0.4 is 30.6 Å². The maximum Gasteiger partial charge on any atom is 0.316 e. The second-order valence-corrected chi connectivity index (χ2v) is 9.16. The van der Waals surface area contributed by atoms with Gasteiger partial charge in [0.25, 0.3) is 0 Å². The van der Waals surface area contributed by atoms with Crippen LogP contribution in [0.4, 0.5) is 5.69 Å². The number of ether oxygens (including phenoxy) is 3. The maximum absolute atomic E-state index is 13.6. The van der Waals surface area contributed by atoms with Crippen molar-refractivity contribution in [3.8, 4) is 17.2 Å². The number of carbonyl (C=O) groups is 2. The molecule has 0 saturated carbocycles. The second-order valence-electron chi connectivity index (χ2n) is 8.78. The van der Waals surface area contributed by atoms with Crippen LogP contribution in [-0.2, 0) is 11.8 Å². The molecule has 1 aromatic heterocycles. The number of rotatable bonds is 4. The molecule has 1 aliphatic heterocycles. The van der Waals surface area contributed by atoms with Gasteiger partial charge in [-0.15, -0.1) is 0 Å². The third kappa shape index (κ3) is 3.25. The molecule has 2 N–H and O–H groups in total. The fraction of sp³-hybridized carbons (Fsp3) is 0.280. The Kier molecular flexibility index (Phi) is 5.44. The number of fused-ring (bicyclic) bond motifs is 2. The smallest absolute Gasteiger partial charge is 0.316 e. The van der Waals surface area contributed by atoms with Gasteiger partial charge in [0.05, 0.1) is 25.3 Å². The molecule has 0 bridgehead atoms. The Bertz CT molecular complexity index is 1620.